The molecule has 22 heavy (non-hydrogen) atoms. The number of hydrogen-bond donors (Lipinski definition) is 1. The van der Waals surface area contributed by atoms with Crippen LogP contribution in [0.15, 0.2) is 42.5 Å². The summed E-state index contributed by atoms with van der Waals surface area (Å²) in [5, 5.41) is 3.43. The molecule has 0 spiro atoms. The van der Waals surface area contributed by atoms with Crippen LogP contribution in [0.3, 0.4) is 0 Å². The third-order valence-corrected chi connectivity index (χ3v) is 3.87. The van der Waals surface area contributed by atoms with Crippen molar-refractivity contribution in [3.05, 3.63) is 58.6 Å². The van der Waals surface area contributed by atoms with Gasteiger partial charge < -0.3 is 10.1 Å². The topological polar surface area (TPSA) is 38.3 Å². The van der Waals surface area contributed by atoms with Crippen LogP contribution < -0.4 is 10.1 Å². The minimum atomic E-state index is -0.210. The van der Waals surface area contributed by atoms with E-state index < -0.39 is 0 Å². The SMILES string of the molecule is Cc1c(Cl)cccc1NC(=O)COc1ccc(C(C)C)cc1. The summed E-state index contributed by atoms with van der Waals surface area (Å²) in [5.41, 5.74) is 2.79. The van der Waals surface area contributed by atoms with Gasteiger partial charge in [0.2, 0.25) is 0 Å². The second-order valence-electron chi connectivity index (χ2n) is 5.47. The summed E-state index contributed by atoms with van der Waals surface area (Å²) in [7, 11) is 0. The number of amides is 1. The fourth-order valence-corrected chi connectivity index (χ4v) is 2.20. The highest BCUT2D eigenvalue weighted by atomic mass is 35.5. The maximum Gasteiger partial charge on any atom is 0.262 e. The highest BCUT2D eigenvalue weighted by Gasteiger charge is 2.08. The second-order valence-corrected chi connectivity index (χ2v) is 5.88. The number of anilines is 1. The van der Waals surface area contributed by atoms with Crippen molar-refractivity contribution < 1.29 is 9.53 Å². The number of rotatable bonds is 5. The Labute approximate surface area is 136 Å². The van der Waals surface area contributed by atoms with Gasteiger partial charge in [0, 0.05) is 10.7 Å². The highest BCUT2D eigenvalue weighted by Crippen LogP contribution is 2.23. The van der Waals surface area contributed by atoms with Crippen molar-refractivity contribution in [2.24, 2.45) is 0 Å². The minimum absolute atomic E-state index is 0.0347. The third kappa shape index (κ3) is 4.25. The summed E-state index contributed by atoms with van der Waals surface area (Å²) in [6.45, 7) is 6.10. The fraction of sp³-hybridized carbons (Fsp3) is 0.278. The van der Waals surface area contributed by atoms with Crippen LogP contribution in [-0.4, -0.2) is 12.5 Å². The number of nitrogens with one attached hydrogen (secondary N) is 1. The van der Waals surface area contributed by atoms with E-state index in [4.69, 9.17) is 16.3 Å². The summed E-state index contributed by atoms with van der Waals surface area (Å²) in [4.78, 5) is 11.9. The van der Waals surface area contributed by atoms with Gasteiger partial charge in [0.05, 0.1) is 0 Å². The first kappa shape index (κ1) is 16.4. The van der Waals surface area contributed by atoms with Crippen molar-refractivity contribution in [2.45, 2.75) is 26.7 Å². The zero-order valence-corrected chi connectivity index (χ0v) is 13.8. The van der Waals surface area contributed by atoms with Crippen molar-refractivity contribution in [1.29, 1.82) is 0 Å². The van der Waals surface area contributed by atoms with Crippen LogP contribution in [0.5, 0.6) is 5.75 Å². The van der Waals surface area contributed by atoms with E-state index >= 15 is 0 Å². The lowest BCUT2D eigenvalue weighted by atomic mass is 10.0. The van der Waals surface area contributed by atoms with Gasteiger partial charge in [0.15, 0.2) is 6.61 Å². The zero-order chi connectivity index (χ0) is 16.1. The average molecular weight is 318 g/mol. The third-order valence-electron chi connectivity index (χ3n) is 3.46. The molecule has 0 saturated heterocycles. The van der Waals surface area contributed by atoms with Gasteiger partial charge in [0.1, 0.15) is 5.75 Å². The maximum atomic E-state index is 11.9. The molecule has 3 nitrogen and oxygen atoms in total. The van der Waals surface area contributed by atoms with Crippen LogP contribution in [0.4, 0.5) is 5.69 Å². The summed E-state index contributed by atoms with van der Waals surface area (Å²) < 4.78 is 5.50. The van der Waals surface area contributed by atoms with Crippen molar-refractivity contribution in [2.75, 3.05) is 11.9 Å². The molecule has 0 unspecified atom stereocenters. The van der Waals surface area contributed by atoms with E-state index in [9.17, 15) is 4.79 Å². The van der Waals surface area contributed by atoms with E-state index in [-0.39, 0.29) is 12.5 Å². The molecule has 0 bridgehead atoms. The molecular weight excluding hydrogens is 298 g/mol. The highest BCUT2D eigenvalue weighted by molar-refractivity contribution is 6.31. The van der Waals surface area contributed by atoms with Gasteiger partial charge in [-0.2, -0.15) is 0 Å². The minimum Gasteiger partial charge on any atom is -0.484 e. The van der Waals surface area contributed by atoms with Gasteiger partial charge in [-0.15, -0.1) is 0 Å². The second kappa shape index (κ2) is 7.32. The van der Waals surface area contributed by atoms with Crippen LogP contribution in [0.25, 0.3) is 0 Å². The van der Waals surface area contributed by atoms with Crippen LogP contribution in [0.1, 0.15) is 30.9 Å². The summed E-state index contributed by atoms with van der Waals surface area (Å²) in [6, 6.07) is 13.2. The molecule has 0 saturated carbocycles. The molecule has 2 rings (SSSR count). The monoisotopic (exact) mass is 317 g/mol. The number of carbonyl (C=O) groups excluding carboxylic acids is 1. The Morgan fingerprint density at radius 3 is 2.50 bits per heavy atom. The quantitative estimate of drug-likeness (QED) is 0.861. The molecule has 1 amide bonds. The normalized spacial score (nSPS) is 10.6. The molecule has 0 aliphatic heterocycles. The lowest BCUT2D eigenvalue weighted by Crippen LogP contribution is -2.20. The number of ether oxygens (including phenoxy) is 1. The fourth-order valence-electron chi connectivity index (χ4n) is 2.03. The molecule has 116 valence electrons. The van der Waals surface area contributed by atoms with E-state index in [0.717, 1.165) is 5.56 Å². The van der Waals surface area contributed by atoms with Crippen LogP contribution in [-0.2, 0) is 4.79 Å². The summed E-state index contributed by atoms with van der Waals surface area (Å²) in [6.07, 6.45) is 0. The van der Waals surface area contributed by atoms with Crippen LogP contribution >= 0.6 is 11.6 Å². The average Bonchev–Trinajstić information content (AvgIpc) is 2.50. The molecule has 2 aromatic carbocycles. The van der Waals surface area contributed by atoms with Gasteiger partial charge in [-0.05, 0) is 48.2 Å². The molecule has 0 aliphatic rings. The molecule has 0 atom stereocenters. The Morgan fingerprint density at radius 1 is 1.18 bits per heavy atom. The molecule has 1 N–H and O–H groups in total. The number of halogens is 1. The van der Waals surface area contributed by atoms with Crippen LogP contribution in [0.2, 0.25) is 5.02 Å². The van der Waals surface area contributed by atoms with Gasteiger partial charge in [-0.25, -0.2) is 0 Å². The lowest BCUT2D eigenvalue weighted by molar-refractivity contribution is -0.118. The Kier molecular flexibility index (Phi) is 5.45. The van der Waals surface area contributed by atoms with Gasteiger partial charge in [-0.1, -0.05) is 43.6 Å². The Bertz CT molecular complexity index is 651. The maximum absolute atomic E-state index is 11.9. The predicted molar refractivity (Wildman–Crippen MR) is 90.8 cm³/mol. The van der Waals surface area contributed by atoms with Gasteiger partial charge >= 0.3 is 0 Å². The number of carbonyl (C=O) groups is 1. The molecule has 4 heteroatoms. The van der Waals surface area contributed by atoms with E-state index in [1.807, 2.05) is 37.3 Å². The standard InChI is InChI=1S/C18H20ClNO2/c1-12(2)14-7-9-15(10-8-14)22-11-18(21)20-17-6-4-5-16(19)13(17)3/h4-10,12H,11H2,1-3H3,(H,20,21). The number of benzene rings is 2. The van der Waals surface area contributed by atoms with E-state index in [2.05, 4.69) is 19.2 Å². The molecule has 0 radical (unpaired) electrons. The Morgan fingerprint density at radius 2 is 1.86 bits per heavy atom. The van der Waals surface area contributed by atoms with Crippen molar-refractivity contribution in [3.63, 3.8) is 0 Å². The van der Waals surface area contributed by atoms with Gasteiger partial charge in [0.25, 0.3) is 5.91 Å². The first-order valence-electron chi connectivity index (χ1n) is 7.25. The molecule has 0 fully saturated rings. The number of hydrogen-bond acceptors (Lipinski definition) is 2. The van der Waals surface area contributed by atoms with Crippen LogP contribution in [0, 0.1) is 6.92 Å². The van der Waals surface area contributed by atoms with Crippen molar-refractivity contribution in [1.82, 2.24) is 0 Å². The van der Waals surface area contributed by atoms with Crippen molar-refractivity contribution in [3.8, 4) is 5.75 Å². The lowest BCUT2D eigenvalue weighted by Gasteiger charge is -2.11. The molecule has 0 heterocycles. The molecule has 0 aliphatic carbocycles. The van der Waals surface area contributed by atoms with Crippen molar-refractivity contribution >= 4 is 23.2 Å². The first-order valence-corrected chi connectivity index (χ1v) is 7.63. The Balaban J connectivity index is 1.91. The van der Waals surface area contributed by atoms with Gasteiger partial charge in [-0.3, -0.25) is 4.79 Å². The molecular formula is C18H20ClNO2. The summed E-state index contributed by atoms with van der Waals surface area (Å²) >= 11 is 6.03. The summed E-state index contributed by atoms with van der Waals surface area (Å²) in [5.74, 6) is 0.948. The molecule has 0 aromatic heterocycles. The first-order chi connectivity index (χ1) is 10.5. The van der Waals surface area contributed by atoms with E-state index in [0.29, 0.717) is 22.4 Å². The predicted octanol–water partition coefficient (Wildman–Crippen LogP) is 4.79. The van der Waals surface area contributed by atoms with E-state index in [1.54, 1.807) is 12.1 Å². The molecule has 2 aromatic rings. The largest absolute Gasteiger partial charge is 0.484 e. The van der Waals surface area contributed by atoms with E-state index in [1.165, 1.54) is 5.56 Å². The smallest absolute Gasteiger partial charge is 0.262 e. The Hall–Kier alpha value is -2.00. The zero-order valence-electron chi connectivity index (χ0n) is 13.0.